The van der Waals surface area contributed by atoms with Gasteiger partial charge in [-0.1, -0.05) is 42.5 Å². The highest BCUT2D eigenvalue weighted by molar-refractivity contribution is 5.75. The highest BCUT2D eigenvalue weighted by Crippen LogP contribution is 2.27. The molecule has 0 bridgehead atoms. The molecule has 0 radical (unpaired) electrons. The summed E-state index contributed by atoms with van der Waals surface area (Å²) in [5.41, 5.74) is 9.61. The highest BCUT2D eigenvalue weighted by atomic mass is 16.5. The van der Waals surface area contributed by atoms with Crippen LogP contribution in [-0.4, -0.2) is 28.2 Å². The Morgan fingerprint density at radius 2 is 1.83 bits per heavy atom. The third-order valence-corrected chi connectivity index (χ3v) is 5.14. The standard InChI is InChI=1S/C25H28N2O3/c1-18(24(28)14-8-19-5-4-16-27-17-19)30-22-12-9-21(10-13-22)23-7-3-2-6-20(23)11-15-25(26)29/h2-7,9-10,12-13,16-18,24,28H,8,11,14-15H2,1H3,(H2,26,29)/t18-,24+/m0/s1. The van der Waals surface area contributed by atoms with E-state index in [1.807, 2.05) is 73.8 Å². The second-order valence-corrected chi connectivity index (χ2v) is 7.44. The second-order valence-electron chi connectivity index (χ2n) is 7.44. The van der Waals surface area contributed by atoms with Crippen LogP contribution in [0.5, 0.6) is 5.75 Å². The fraction of sp³-hybridized carbons (Fsp3) is 0.280. The molecule has 1 heterocycles. The van der Waals surface area contributed by atoms with Crippen molar-refractivity contribution in [2.75, 3.05) is 0 Å². The number of aliphatic hydroxyl groups excluding tert-OH is 1. The molecule has 3 N–H and O–H groups in total. The van der Waals surface area contributed by atoms with E-state index in [-0.39, 0.29) is 12.0 Å². The van der Waals surface area contributed by atoms with Crippen LogP contribution in [0.2, 0.25) is 0 Å². The lowest BCUT2D eigenvalue weighted by Gasteiger charge is -2.21. The van der Waals surface area contributed by atoms with E-state index in [1.165, 1.54) is 0 Å². The van der Waals surface area contributed by atoms with Crippen molar-refractivity contribution in [1.29, 1.82) is 0 Å². The molecule has 2 atom stereocenters. The minimum Gasteiger partial charge on any atom is -0.488 e. The van der Waals surface area contributed by atoms with Crippen LogP contribution in [0.4, 0.5) is 0 Å². The number of carbonyl (C=O) groups excluding carboxylic acids is 1. The van der Waals surface area contributed by atoms with Gasteiger partial charge in [-0.3, -0.25) is 9.78 Å². The van der Waals surface area contributed by atoms with Gasteiger partial charge in [-0.15, -0.1) is 0 Å². The predicted molar refractivity (Wildman–Crippen MR) is 118 cm³/mol. The maximum absolute atomic E-state index is 11.1. The lowest BCUT2D eigenvalue weighted by molar-refractivity contribution is -0.117. The van der Waals surface area contributed by atoms with Gasteiger partial charge in [0.05, 0.1) is 6.10 Å². The molecular weight excluding hydrogens is 376 g/mol. The number of hydrogen-bond donors (Lipinski definition) is 2. The summed E-state index contributed by atoms with van der Waals surface area (Å²) in [7, 11) is 0. The SMILES string of the molecule is C[C@H](Oc1ccc(-c2ccccc2CCC(N)=O)cc1)[C@H](O)CCc1cccnc1. The summed E-state index contributed by atoms with van der Waals surface area (Å²) in [6, 6.07) is 19.7. The highest BCUT2D eigenvalue weighted by Gasteiger charge is 2.16. The van der Waals surface area contributed by atoms with E-state index in [2.05, 4.69) is 4.98 Å². The number of pyridine rings is 1. The van der Waals surface area contributed by atoms with Crippen molar-refractivity contribution in [2.24, 2.45) is 5.73 Å². The summed E-state index contributed by atoms with van der Waals surface area (Å²) in [5, 5.41) is 10.4. The van der Waals surface area contributed by atoms with E-state index in [1.54, 1.807) is 6.20 Å². The third-order valence-electron chi connectivity index (χ3n) is 5.14. The number of nitrogens with zero attached hydrogens (tertiary/aromatic N) is 1. The molecule has 0 spiro atoms. The van der Waals surface area contributed by atoms with Crippen LogP contribution in [0, 0.1) is 0 Å². The van der Waals surface area contributed by atoms with Crippen molar-refractivity contribution in [1.82, 2.24) is 4.98 Å². The summed E-state index contributed by atoms with van der Waals surface area (Å²) in [6.45, 7) is 1.88. The van der Waals surface area contributed by atoms with Crippen LogP contribution < -0.4 is 10.5 Å². The Balaban J connectivity index is 1.60. The summed E-state index contributed by atoms with van der Waals surface area (Å²) >= 11 is 0. The molecule has 0 aliphatic heterocycles. The van der Waals surface area contributed by atoms with Crippen molar-refractivity contribution in [3.05, 3.63) is 84.2 Å². The van der Waals surface area contributed by atoms with E-state index < -0.39 is 6.10 Å². The Morgan fingerprint density at radius 3 is 2.53 bits per heavy atom. The molecule has 0 aliphatic rings. The Hall–Kier alpha value is -3.18. The average Bonchev–Trinajstić information content (AvgIpc) is 2.77. The van der Waals surface area contributed by atoms with Crippen LogP contribution in [0.1, 0.15) is 30.9 Å². The van der Waals surface area contributed by atoms with Gasteiger partial charge < -0.3 is 15.6 Å². The molecule has 5 nitrogen and oxygen atoms in total. The summed E-state index contributed by atoms with van der Waals surface area (Å²) in [4.78, 5) is 15.2. The Kier molecular flexibility index (Phi) is 7.57. The van der Waals surface area contributed by atoms with Gasteiger partial charge in [-0.25, -0.2) is 0 Å². The number of primary amides is 1. The van der Waals surface area contributed by atoms with Crippen molar-refractivity contribution >= 4 is 5.91 Å². The van der Waals surface area contributed by atoms with Gasteiger partial charge in [0.2, 0.25) is 5.91 Å². The number of carbonyl (C=O) groups is 1. The molecule has 1 aromatic heterocycles. The fourth-order valence-electron chi connectivity index (χ4n) is 3.38. The van der Waals surface area contributed by atoms with Gasteiger partial charge >= 0.3 is 0 Å². The number of hydrogen-bond acceptors (Lipinski definition) is 4. The number of rotatable bonds is 10. The van der Waals surface area contributed by atoms with Crippen LogP contribution in [0.3, 0.4) is 0 Å². The maximum Gasteiger partial charge on any atom is 0.217 e. The summed E-state index contributed by atoms with van der Waals surface area (Å²) in [5.74, 6) is 0.408. The fourth-order valence-corrected chi connectivity index (χ4v) is 3.38. The number of aromatic nitrogens is 1. The molecule has 30 heavy (non-hydrogen) atoms. The number of ether oxygens (including phenoxy) is 1. The molecule has 3 rings (SSSR count). The first kappa shape index (κ1) is 21.5. The molecular formula is C25H28N2O3. The minimum atomic E-state index is -0.570. The quantitative estimate of drug-likeness (QED) is 0.536. The van der Waals surface area contributed by atoms with Gasteiger partial charge in [-0.05, 0) is 66.6 Å². The first-order valence-electron chi connectivity index (χ1n) is 10.2. The molecule has 2 aromatic carbocycles. The topological polar surface area (TPSA) is 85.4 Å². The van der Waals surface area contributed by atoms with E-state index in [0.717, 1.165) is 28.7 Å². The van der Waals surface area contributed by atoms with Gasteiger partial charge in [0, 0.05) is 18.8 Å². The molecule has 0 fully saturated rings. The zero-order valence-electron chi connectivity index (χ0n) is 17.2. The lowest BCUT2D eigenvalue weighted by Crippen LogP contribution is -2.29. The second kappa shape index (κ2) is 10.6. The molecule has 0 aliphatic carbocycles. The maximum atomic E-state index is 11.1. The number of benzene rings is 2. The van der Waals surface area contributed by atoms with Crippen LogP contribution in [0.15, 0.2) is 73.1 Å². The number of aryl methyl sites for hydroxylation is 2. The van der Waals surface area contributed by atoms with Crippen LogP contribution in [0.25, 0.3) is 11.1 Å². The van der Waals surface area contributed by atoms with Gasteiger partial charge in [0.25, 0.3) is 0 Å². The minimum absolute atomic E-state index is 0.301. The molecule has 1 amide bonds. The van der Waals surface area contributed by atoms with Crippen molar-refractivity contribution in [3.63, 3.8) is 0 Å². The van der Waals surface area contributed by atoms with E-state index in [0.29, 0.717) is 25.0 Å². The van der Waals surface area contributed by atoms with Gasteiger partial charge in [0.1, 0.15) is 11.9 Å². The predicted octanol–water partition coefficient (Wildman–Crippen LogP) is 3.93. The molecule has 0 unspecified atom stereocenters. The van der Waals surface area contributed by atoms with Crippen molar-refractivity contribution < 1.29 is 14.6 Å². The number of nitrogens with two attached hydrogens (primary N) is 1. The lowest BCUT2D eigenvalue weighted by atomic mass is 9.96. The Labute approximate surface area is 177 Å². The van der Waals surface area contributed by atoms with Crippen LogP contribution >= 0.6 is 0 Å². The van der Waals surface area contributed by atoms with E-state index >= 15 is 0 Å². The van der Waals surface area contributed by atoms with Crippen molar-refractivity contribution in [3.8, 4) is 16.9 Å². The molecule has 0 saturated heterocycles. The van der Waals surface area contributed by atoms with E-state index in [4.69, 9.17) is 10.5 Å². The first-order chi connectivity index (χ1) is 14.5. The molecule has 156 valence electrons. The largest absolute Gasteiger partial charge is 0.488 e. The molecule has 3 aromatic rings. The smallest absolute Gasteiger partial charge is 0.217 e. The molecule has 5 heteroatoms. The summed E-state index contributed by atoms with van der Waals surface area (Å²) < 4.78 is 5.94. The number of aliphatic hydroxyl groups is 1. The first-order valence-corrected chi connectivity index (χ1v) is 10.2. The monoisotopic (exact) mass is 404 g/mol. The Morgan fingerprint density at radius 1 is 1.07 bits per heavy atom. The molecule has 0 saturated carbocycles. The zero-order valence-corrected chi connectivity index (χ0v) is 17.2. The normalized spacial score (nSPS) is 12.9. The van der Waals surface area contributed by atoms with Crippen LogP contribution in [-0.2, 0) is 17.6 Å². The Bertz CT molecular complexity index is 942. The van der Waals surface area contributed by atoms with Gasteiger partial charge in [-0.2, -0.15) is 0 Å². The summed E-state index contributed by atoms with van der Waals surface area (Å²) in [6.07, 6.45) is 4.97. The van der Waals surface area contributed by atoms with Crippen molar-refractivity contribution in [2.45, 2.75) is 44.8 Å². The van der Waals surface area contributed by atoms with E-state index in [9.17, 15) is 9.90 Å². The zero-order chi connectivity index (χ0) is 21.3. The average molecular weight is 405 g/mol. The number of amides is 1. The van der Waals surface area contributed by atoms with Gasteiger partial charge in [0.15, 0.2) is 0 Å². The third kappa shape index (κ3) is 6.16.